The van der Waals surface area contributed by atoms with Gasteiger partial charge in [0.15, 0.2) is 25.3 Å². The molecule has 5 nitrogen and oxygen atoms in total. The van der Waals surface area contributed by atoms with Gasteiger partial charge in [0.2, 0.25) is 0 Å². The van der Waals surface area contributed by atoms with Gasteiger partial charge >= 0.3 is 0 Å². The van der Waals surface area contributed by atoms with E-state index in [1.165, 1.54) is 11.1 Å². The first-order chi connectivity index (χ1) is 23.0. The van der Waals surface area contributed by atoms with E-state index >= 15 is 0 Å². The summed E-state index contributed by atoms with van der Waals surface area (Å²) in [6.45, 7) is 2.13. The topological polar surface area (TPSA) is 61.0 Å². The van der Waals surface area contributed by atoms with E-state index in [-0.39, 0.29) is 0 Å². The number of ether oxygens (including phenoxy) is 1. The molecule has 3 heterocycles. The van der Waals surface area contributed by atoms with Crippen molar-refractivity contribution >= 4 is 29.8 Å². The molecule has 1 aliphatic heterocycles. The van der Waals surface area contributed by atoms with Crippen LogP contribution in [0.1, 0.15) is 12.5 Å². The van der Waals surface area contributed by atoms with Crippen molar-refractivity contribution in [2.45, 2.75) is 12.4 Å². The van der Waals surface area contributed by atoms with Crippen LogP contribution in [0, 0.1) is 0 Å². The zero-order valence-electron chi connectivity index (χ0n) is 25.9. The van der Waals surface area contributed by atoms with Crippen LogP contribution in [0.3, 0.4) is 0 Å². The SMILES string of the molecule is BC1(C)Oc2ccccc2-c2c(-c3ccc(-c4nc(-c5ccccc5)nc(-c5cccc6c5oc5ccccc56)n4)cc3)cccc21. The Balaban J connectivity index is 1.19. The number of hydrogen-bond acceptors (Lipinski definition) is 5. The number of nitrogens with zero attached hydrogens (tertiary/aromatic N) is 3. The van der Waals surface area contributed by atoms with Crippen molar-refractivity contribution in [1.29, 1.82) is 0 Å². The minimum absolute atomic E-state index is 0.447. The maximum absolute atomic E-state index is 6.42. The molecule has 0 spiro atoms. The van der Waals surface area contributed by atoms with Gasteiger partial charge in [0.1, 0.15) is 16.9 Å². The van der Waals surface area contributed by atoms with Crippen molar-refractivity contribution in [2.24, 2.45) is 0 Å². The molecule has 222 valence electrons. The fourth-order valence-electron chi connectivity index (χ4n) is 6.74. The molecular weight excluding hydrogens is 577 g/mol. The summed E-state index contributed by atoms with van der Waals surface area (Å²) in [7, 11) is 2.13. The molecule has 0 fully saturated rings. The van der Waals surface area contributed by atoms with E-state index in [0.29, 0.717) is 17.5 Å². The predicted molar refractivity (Wildman–Crippen MR) is 191 cm³/mol. The zero-order valence-corrected chi connectivity index (χ0v) is 25.9. The lowest BCUT2D eigenvalue weighted by molar-refractivity contribution is 0.175. The number of para-hydroxylation sites is 3. The Morgan fingerprint density at radius 2 is 1.11 bits per heavy atom. The van der Waals surface area contributed by atoms with Gasteiger partial charge in [0, 0.05) is 27.5 Å². The monoisotopic (exact) mass is 605 g/mol. The summed E-state index contributed by atoms with van der Waals surface area (Å²) < 4.78 is 12.8. The number of hydrogen-bond donors (Lipinski definition) is 0. The van der Waals surface area contributed by atoms with Crippen LogP contribution < -0.4 is 4.74 Å². The number of aromatic nitrogens is 3. The molecule has 6 aromatic carbocycles. The first kappa shape index (κ1) is 27.3. The summed E-state index contributed by atoms with van der Waals surface area (Å²) in [5, 5.41) is 2.10. The van der Waals surface area contributed by atoms with Crippen LogP contribution in [0.15, 0.2) is 144 Å². The molecule has 1 aliphatic rings. The van der Waals surface area contributed by atoms with E-state index < -0.39 is 5.50 Å². The highest BCUT2D eigenvalue weighted by Gasteiger charge is 2.33. The van der Waals surface area contributed by atoms with E-state index in [0.717, 1.165) is 61.1 Å². The Kier molecular flexibility index (Phi) is 6.12. The Morgan fingerprint density at radius 1 is 0.511 bits per heavy atom. The minimum atomic E-state index is -0.447. The molecule has 8 aromatic rings. The summed E-state index contributed by atoms with van der Waals surface area (Å²) in [5.41, 5.74) is 9.57. The van der Waals surface area contributed by atoms with Crippen LogP contribution in [-0.4, -0.2) is 22.8 Å². The van der Waals surface area contributed by atoms with Crippen molar-refractivity contribution in [3.8, 4) is 62.2 Å². The third kappa shape index (κ3) is 4.52. The van der Waals surface area contributed by atoms with Crippen LogP contribution in [0.5, 0.6) is 5.75 Å². The number of fused-ring (bicyclic) bond motifs is 6. The Morgan fingerprint density at radius 3 is 1.94 bits per heavy atom. The van der Waals surface area contributed by atoms with Crippen molar-refractivity contribution in [3.63, 3.8) is 0 Å². The molecule has 0 N–H and O–H groups in total. The molecule has 47 heavy (non-hydrogen) atoms. The van der Waals surface area contributed by atoms with E-state index in [4.69, 9.17) is 24.1 Å². The summed E-state index contributed by atoms with van der Waals surface area (Å²) in [5.74, 6) is 2.68. The molecule has 2 aromatic heterocycles. The Bertz CT molecular complexity index is 2470. The van der Waals surface area contributed by atoms with Crippen molar-refractivity contribution in [3.05, 3.63) is 145 Å². The quantitative estimate of drug-likeness (QED) is 0.187. The molecule has 0 amide bonds. The zero-order chi connectivity index (χ0) is 31.5. The normalized spacial score (nSPS) is 15.3. The van der Waals surface area contributed by atoms with Gasteiger partial charge in [-0.15, -0.1) is 0 Å². The van der Waals surface area contributed by atoms with Gasteiger partial charge in [0.05, 0.1) is 11.1 Å². The van der Waals surface area contributed by atoms with Crippen LogP contribution in [0.4, 0.5) is 0 Å². The standard InChI is InChI=1S/C41H28BN3O2/c1-41(42)33-18-10-15-28(36(33)31-14-6-8-20-35(31)47-41)25-21-23-27(24-22-25)39-43-38(26-11-3-2-4-12-26)44-40(45-39)32-17-9-16-30-29-13-5-7-19-34(29)46-37(30)32/h2-24H,42H2,1H3. The van der Waals surface area contributed by atoms with Crippen LogP contribution in [0.2, 0.25) is 0 Å². The lowest BCUT2D eigenvalue weighted by Crippen LogP contribution is -2.33. The maximum Gasteiger partial charge on any atom is 0.167 e. The maximum atomic E-state index is 6.42. The molecule has 9 rings (SSSR count). The van der Waals surface area contributed by atoms with E-state index in [9.17, 15) is 0 Å². The average Bonchev–Trinajstić information content (AvgIpc) is 3.51. The van der Waals surface area contributed by atoms with Crippen molar-refractivity contribution < 1.29 is 9.15 Å². The van der Waals surface area contributed by atoms with E-state index in [1.807, 2.05) is 66.7 Å². The van der Waals surface area contributed by atoms with Crippen molar-refractivity contribution in [2.75, 3.05) is 0 Å². The predicted octanol–water partition coefficient (Wildman–Crippen LogP) is 9.30. The molecule has 1 unspecified atom stereocenters. The number of benzene rings is 6. The largest absolute Gasteiger partial charge is 0.492 e. The average molecular weight is 606 g/mol. The molecule has 1 atom stereocenters. The number of furan rings is 1. The third-order valence-corrected chi connectivity index (χ3v) is 9.00. The second-order valence-electron chi connectivity index (χ2n) is 12.4. The summed E-state index contributed by atoms with van der Waals surface area (Å²) in [6, 6.07) is 47.5. The first-order valence-corrected chi connectivity index (χ1v) is 15.8. The Hall–Kier alpha value is -6.01. The second-order valence-corrected chi connectivity index (χ2v) is 12.4. The fraction of sp³-hybridized carbons (Fsp3) is 0.0488. The first-order valence-electron chi connectivity index (χ1n) is 15.8. The second kappa shape index (κ2) is 10.5. The molecule has 0 bridgehead atoms. The molecule has 0 saturated heterocycles. The number of rotatable bonds is 4. The fourth-order valence-corrected chi connectivity index (χ4v) is 6.74. The van der Waals surface area contributed by atoms with Crippen molar-refractivity contribution in [1.82, 2.24) is 15.0 Å². The third-order valence-electron chi connectivity index (χ3n) is 9.00. The molecule has 0 radical (unpaired) electrons. The van der Waals surface area contributed by atoms with Crippen LogP contribution in [0.25, 0.3) is 78.4 Å². The van der Waals surface area contributed by atoms with Gasteiger partial charge in [0.25, 0.3) is 0 Å². The highest BCUT2D eigenvalue weighted by molar-refractivity contribution is 6.16. The summed E-state index contributed by atoms with van der Waals surface area (Å²) >= 11 is 0. The van der Waals surface area contributed by atoms with Gasteiger partial charge in [-0.2, -0.15) is 0 Å². The molecule has 0 saturated carbocycles. The van der Waals surface area contributed by atoms with Crippen LogP contribution >= 0.6 is 0 Å². The van der Waals surface area contributed by atoms with Gasteiger partial charge < -0.3 is 9.15 Å². The van der Waals surface area contributed by atoms with Gasteiger partial charge in [-0.1, -0.05) is 121 Å². The van der Waals surface area contributed by atoms with E-state index in [2.05, 4.69) is 87.6 Å². The lowest BCUT2D eigenvalue weighted by atomic mass is 9.71. The van der Waals surface area contributed by atoms with Gasteiger partial charge in [-0.05, 0) is 47.4 Å². The minimum Gasteiger partial charge on any atom is -0.492 e. The highest BCUT2D eigenvalue weighted by atomic mass is 16.5. The highest BCUT2D eigenvalue weighted by Crippen LogP contribution is 2.48. The molecular formula is C41H28BN3O2. The lowest BCUT2D eigenvalue weighted by Gasteiger charge is -2.36. The smallest absolute Gasteiger partial charge is 0.167 e. The molecule has 0 aliphatic carbocycles. The van der Waals surface area contributed by atoms with Gasteiger partial charge in [-0.25, -0.2) is 15.0 Å². The summed E-state index contributed by atoms with van der Waals surface area (Å²) in [4.78, 5) is 15.0. The Labute approximate surface area is 273 Å². The summed E-state index contributed by atoms with van der Waals surface area (Å²) in [6.07, 6.45) is 0. The van der Waals surface area contributed by atoms with Gasteiger partial charge in [-0.3, -0.25) is 0 Å². The molecule has 6 heteroatoms. The van der Waals surface area contributed by atoms with Crippen LogP contribution in [-0.2, 0) is 5.50 Å². The van der Waals surface area contributed by atoms with E-state index in [1.54, 1.807) is 0 Å².